The zero-order valence-electron chi connectivity index (χ0n) is 18.1. The molecule has 0 atom stereocenters. The maximum Gasteiger partial charge on any atom is 0.573 e. The van der Waals surface area contributed by atoms with Gasteiger partial charge in [0, 0.05) is 28.4 Å². The highest BCUT2D eigenvalue weighted by atomic mass is 32.2. The van der Waals surface area contributed by atoms with Gasteiger partial charge in [-0.3, -0.25) is 14.9 Å². The standard InChI is InChI=1S/C22H18F3NO6S2/c1-21(2)10-31-18-14(8-12(9-15(18)21)34(3,29)30)13-6-11(4-5-16(13)32-22(23,24)25)7-17-19(27)26-20(28)33-17/h4-9H,10H2,1-3H3,(H,26,27,28). The lowest BCUT2D eigenvalue weighted by Gasteiger charge is -2.19. The Labute approximate surface area is 197 Å². The highest BCUT2D eigenvalue weighted by Gasteiger charge is 2.37. The Balaban J connectivity index is 1.97. The number of ether oxygens (including phenoxy) is 2. The quantitative estimate of drug-likeness (QED) is 0.595. The molecule has 0 radical (unpaired) electrons. The number of hydrogen-bond donors (Lipinski definition) is 1. The summed E-state index contributed by atoms with van der Waals surface area (Å²) in [4.78, 5) is 23.3. The van der Waals surface area contributed by atoms with Crippen molar-refractivity contribution >= 4 is 38.8 Å². The molecule has 7 nitrogen and oxygen atoms in total. The number of imide groups is 1. The predicted octanol–water partition coefficient (Wildman–Crippen LogP) is 4.65. The topological polar surface area (TPSA) is 98.8 Å². The van der Waals surface area contributed by atoms with Crippen molar-refractivity contribution in [2.75, 3.05) is 12.9 Å². The van der Waals surface area contributed by atoms with E-state index in [0.29, 0.717) is 22.9 Å². The van der Waals surface area contributed by atoms with Crippen LogP contribution < -0.4 is 14.8 Å². The van der Waals surface area contributed by atoms with E-state index in [1.54, 1.807) is 0 Å². The molecule has 2 aromatic rings. The van der Waals surface area contributed by atoms with Crippen LogP contribution >= 0.6 is 11.8 Å². The second-order valence-corrected chi connectivity index (χ2v) is 11.5. The number of hydrogen-bond acceptors (Lipinski definition) is 7. The van der Waals surface area contributed by atoms with Crippen LogP contribution in [0.3, 0.4) is 0 Å². The summed E-state index contributed by atoms with van der Waals surface area (Å²) in [7, 11) is -3.72. The van der Waals surface area contributed by atoms with E-state index < -0.39 is 38.5 Å². The average molecular weight is 514 g/mol. The Kier molecular flexibility index (Phi) is 5.72. The number of thioether (sulfide) groups is 1. The monoisotopic (exact) mass is 513 g/mol. The van der Waals surface area contributed by atoms with Crippen LogP contribution in [0.4, 0.5) is 18.0 Å². The molecule has 4 rings (SSSR count). The fourth-order valence-corrected chi connectivity index (χ4v) is 4.99. The number of nitrogens with one attached hydrogen (secondary N) is 1. The third-order valence-electron chi connectivity index (χ3n) is 5.26. The molecule has 12 heteroatoms. The number of benzene rings is 2. The third-order valence-corrected chi connectivity index (χ3v) is 7.16. The van der Waals surface area contributed by atoms with Gasteiger partial charge in [-0.25, -0.2) is 8.42 Å². The van der Waals surface area contributed by atoms with Crippen molar-refractivity contribution in [1.29, 1.82) is 0 Å². The molecule has 0 saturated carbocycles. The van der Waals surface area contributed by atoms with Gasteiger partial charge in [-0.1, -0.05) is 19.9 Å². The van der Waals surface area contributed by atoms with Crippen molar-refractivity contribution in [2.24, 2.45) is 0 Å². The molecular weight excluding hydrogens is 495 g/mol. The molecule has 1 N–H and O–H groups in total. The molecule has 0 bridgehead atoms. The smallest absolute Gasteiger partial charge is 0.492 e. The number of fused-ring (bicyclic) bond motifs is 1. The summed E-state index contributed by atoms with van der Waals surface area (Å²) in [6.45, 7) is 3.85. The van der Waals surface area contributed by atoms with Crippen LogP contribution in [0.1, 0.15) is 25.0 Å². The summed E-state index contributed by atoms with van der Waals surface area (Å²) < 4.78 is 74.3. The van der Waals surface area contributed by atoms with Crippen LogP contribution in [0.15, 0.2) is 40.1 Å². The summed E-state index contributed by atoms with van der Waals surface area (Å²) in [5, 5.41) is 1.53. The van der Waals surface area contributed by atoms with E-state index >= 15 is 0 Å². The van der Waals surface area contributed by atoms with Gasteiger partial charge in [-0.2, -0.15) is 0 Å². The normalized spacial score (nSPS) is 18.6. The van der Waals surface area contributed by atoms with Gasteiger partial charge in [0.2, 0.25) is 0 Å². The van der Waals surface area contributed by atoms with E-state index in [-0.39, 0.29) is 33.3 Å². The molecule has 2 aliphatic rings. The second kappa shape index (κ2) is 8.05. The van der Waals surface area contributed by atoms with Crippen LogP contribution in [0.25, 0.3) is 17.2 Å². The summed E-state index contributed by atoms with van der Waals surface area (Å²) >= 11 is 0.656. The Morgan fingerprint density at radius 1 is 1.15 bits per heavy atom. The van der Waals surface area contributed by atoms with Gasteiger partial charge in [0.15, 0.2) is 9.84 Å². The van der Waals surface area contributed by atoms with Gasteiger partial charge in [0.25, 0.3) is 11.1 Å². The van der Waals surface area contributed by atoms with Crippen molar-refractivity contribution in [3.63, 3.8) is 0 Å². The first kappa shape index (κ1) is 24.1. The molecule has 2 aromatic carbocycles. The third kappa shape index (κ3) is 4.78. The van der Waals surface area contributed by atoms with E-state index in [2.05, 4.69) is 10.1 Å². The van der Waals surface area contributed by atoms with Crippen LogP contribution in [-0.4, -0.2) is 38.8 Å². The fourth-order valence-electron chi connectivity index (χ4n) is 3.64. The lowest BCUT2D eigenvalue weighted by molar-refractivity contribution is -0.274. The Morgan fingerprint density at radius 2 is 1.85 bits per heavy atom. The SMILES string of the molecule is CC1(C)COc2c(-c3cc(C=C4SC(=O)NC4=O)ccc3OC(F)(F)F)cc(S(C)(=O)=O)cc21. The minimum Gasteiger partial charge on any atom is -0.492 e. The Morgan fingerprint density at radius 3 is 2.44 bits per heavy atom. The minimum absolute atomic E-state index is 0.0629. The molecule has 2 amide bonds. The highest BCUT2D eigenvalue weighted by Crippen LogP contribution is 2.49. The maximum atomic E-state index is 13.2. The van der Waals surface area contributed by atoms with Crippen LogP contribution in [0.5, 0.6) is 11.5 Å². The Bertz CT molecular complexity index is 1360. The fraction of sp³-hybridized carbons (Fsp3) is 0.273. The van der Waals surface area contributed by atoms with Gasteiger partial charge in [0.1, 0.15) is 11.5 Å². The van der Waals surface area contributed by atoms with Crippen molar-refractivity contribution < 1.29 is 40.7 Å². The van der Waals surface area contributed by atoms with Crippen LogP contribution in [0.2, 0.25) is 0 Å². The first-order valence-corrected chi connectivity index (χ1v) is 12.5. The van der Waals surface area contributed by atoms with E-state index in [9.17, 15) is 31.2 Å². The summed E-state index contributed by atoms with van der Waals surface area (Å²) in [6, 6.07) is 6.38. The van der Waals surface area contributed by atoms with Gasteiger partial charge in [-0.15, -0.1) is 13.2 Å². The number of sulfone groups is 1. The van der Waals surface area contributed by atoms with E-state index in [0.717, 1.165) is 12.3 Å². The van der Waals surface area contributed by atoms with E-state index in [1.165, 1.54) is 30.3 Å². The van der Waals surface area contributed by atoms with E-state index in [4.69, 9.17) is 4.74 Å². The number of halogens is 3. The zero-order chi connectivity index (χ0) is 25.1. The predicted molar refractivity (Wildman–Crippen MR) is 119 cm³/mol. The molecular formula is C22H18F3NO6S2. The Hall–Kier alpha value is -2.99. The molecule has 2 heterocycles. The first-order chi connectivity index (χ1) is 15.6. The first-order valence-electron chi connectivity index (χ1n) is 9.80. The summed E-state index contributed by atoms with van der Waals surface area (Å²) in [5.74, 6) is -0.954. The van der Waals surface area contributed by atoms with Gasteiger partial charge >= 0.3 is 6.36 Å². The molecule has 180 valence electrons. The van der Waals surface area contributed by atoms with E-state index in [1.807, 2.05) is 13.8 Å². The average Bonchev–Trinajstić information content (AvgIpc) is 3.18. The van der Waals surface area contributed by atoms with Crippen LogP contribution in [-0.2, 0) is 20.0 Å². The van der Waals surface area contributed by atoms with Gasteiger partial charge < -0.3 is 9.47 Å². The lowest BCUT2D eigenvalue weighted by Crippen LogP contribution is -2.18. The van der Waals surface area contributed by atoms with Crippen molar-refractivity contribution in [3.05, 3.63) is 46.4 Å². The molecule has 1 fully saturated rings. The maximum absolute atomic E-state index is 13.2. The molecule has 1 saturated heterocycles. The number of alkyl halides is 3. The molecule has 2 aliphatic heterocycles. The molecule has 0 spiro atoms. The summed E-state index contributed by atoms with van der Waals surface area (Å²) in [6.07, 6.45) is -2.67. The number of rotatable bonds is 4. The number of carbonyl (C=O) groups excluding carboxylic acids is 2. The molecule has 34 heavy (non-hydrogen) atoms. The van der Waals surface area contributed by atoms with Gasteiger partial charge in [-0.05, 0) is 47.7 Å². The number of carbonyl (C=O) groups is 2. The van der Waals surface area contributed by atoms with Crippen LogP contribution in [0, 0.1) is 0 Å². The summed E-state index contributed by atoms with van der Waals surface area (Å²) in [5.41, 5.74) is 0.258. The highest BCUT2D eigenvalue weighted by molar-refractivity contribution is 8.18. The zero-order valence-corrected chi connectivity index (χ0v) is 19.7. The van der Waals surface area contributed by atoms with Crippen molar-refractivity contribution in [3.8, 4) is 22.6 Å². The molecule has 0 aliphatic carbocycles. The largest absolute Gasteiger partial charge is 0.573 e. The second-order valence-electron chi connectivity index (χ2n) is 8.45. The minimum atomic E-state index is -5.01. The lowest BCUT2D eigenvalue weighted by atomic mass is 9.85. The van der Waals surface area contributed by atoms with Gasteiger partial charge in [0.05, 0.1) is 16.4 Å². The van der Waals surface area contributed by atoms with Crippen molar-refractivity contribution in [1.82, 2.24) is 5.32 Å². The van der Waals surface area contributed by atoms with Crippen molar-refractivity contribution in [2.45, 2.75) is 30.5 Å². The number of amides is 2. The molecule has 0 aromatic heterocycles. The molecule has 0 unspecified atom stereocenters.